The minimum Gasteiger partial charge on any atom is -0.399 e. The minimum absolute atomic E-state index is 0.0718. The van der Waals surface area contributed by atoms with Crippen LogP contribution in [0.4, 0.5) is 5.69 Å². The third kappa shape index (κ3) is 2.96. The highest BCUT2D eigenvalue weighted by Gasteiger charge is 2.28. The molecule has 0 fully saturated rings. The fraction of sp³-hybridized carbons (Fsp3) is 0.500. The van der Waals surface area contributed by atoms with E-state index in [0.29, 0.717) is 12.2 Å². The summed E-state index contributed by atoms with van der Waals surface area (Å²) < 4.78 is 26.5. The van der Waals surface area contributed by atoms with E-state index in [1.54, 1.807) is 6.07 Å². The van der Waals surface area contributed by atoms with Crippen molar-refractivity contribution < 1.29 is 8.42 Å². The number of hydrogen-bond acceptors (Lipinski definition) is 3. The van der Waals surface area contributed by atoms with Crippen LogP contribution in [0.3, 0.4) is 0 Å². The zero-order valence-electron chi connectivity index (χ0n) is 10.9. The molecule has 0 aliphatic heterocycles. The van der Waals surface area contributed by atoms with Gasteiger partial charge < -0.3 is 5.73 Å². The zero-order valence-corrected chi connectivity index (χ0v) is 12.4. The zero-order chi connectivity index (χ0) is 13.9. The second kappa shape index (κ2) is 5.91. The van der Waals surface area contributed by atoms with Crippen molar-refractivity contribution in [3.05, 3.63) is 23.2 Å². The van der Waals surface area contributed by atoms with E-state index >= 15 is 0 Å². The molecule has 1 rings (SSSR count). The number of anilines is 1. The molecule has 4 nitrogen and oxygen atoms in total. The van der Waals surface area contributed by atoms with Gasteiger partial charge in [-0.1, -0.05) is 25.4 Å². The highest BCUT2D eigenvalue weighted by molar-refractivity contribution is 7.89. The van der Waals surface area contributed by atoms with Crippen molar-refractivity contribution >= 4 is 27.3 Å². The summed E-state index contributed by atoms with van der Waals surface area (Å²) in [4.78, 5) is 0.0753. The quantitative estimate of drug-likeness (QED) is 0.848. The molecule has 0 aliphatic carbocycles. The maximum Gasteiger partial charge on any atom is 0.244 e. The van der Waals surface area contributed by atoms with E-state index in [1.807, 2.05) is 20.8 Å². The first-order valence-corrected chi connectivity index (χ1v) is 7.73. The van der Waals surface area contributed by atoms with Crippen molar-refractivity contribution in [2.24, 2.45) is 0 Å². The third-order valence-electron chi connectivity index (χ3n) is 2.94. The van der Waals surface area contributed by atoms with Crippen LogP contribution < -0.4 is 5.73 Å². The molecule has 6 heteroatoms. The standard InChI is InChI=1S/C12H19ClN2O2S/c1-4-9(3)15(5-2)18(16,17)12-8-10(14)6-7-11(12)13/h6-9H,4-5,14H2,1-3H3. The smallest absolute Gasteiger partial charge is 0.244 e. The Bertz CT molecular complexity index is 517. The normalized spacial score (nSPS) is 13.8. The summed E-state index contributed by atoms with van der Waals surface area (Å²) in [6.45, 7) is 6.04. The lowest BCUT2D eigenvalue weighted by Crippen LogP contribution is -2.38. The molecule has 1 unspecified atom stereocenters. The summed E-state index contributed by atoms with van der Waals surface area (Å²) in [6.07, 6.45) is 0.743. The molecule has 102 valence electrons. The Morgan fingerprint density at radius 2 is 2.00 bits per heavy atom. The molecule has 0 aliphatic rings. The average molecular weight is 291 g/mol. The van der Waals surface area contributed by atoms with Gasteiger partial charge in [-0.2, -0.15) is 4.31 Å². The predicted octanol–water partition coefficient (Wildman–Crippen LogP) is 2.73. The van der Waals surface area contributed by atoms with Gasteiger partial charge in [0.1, 0.15) is 4.90 Å². The van der Waals surface area contributed by atoms with Crippen LogP contribution in [-0.2, 0) is 10.0 Å². The molecular weight excluding hydrogens is 272 g/mol. The molecule has 1 aromatic carbocycles. The second-order valence-electron chi connectivity index (χ2n) is 4.16. The van der Waals surface area contributed by atoms with E-state index in [4.69, 9.17) is 17.3 Å². The molecule has 1 aromatic rings. The second-order valence-corrected chi connectivity index (χ2v) is 6.42. The first-order chi connectivity index (χ1) is 8.34. The van der Waals surface area contributed by atoms with E-state index in [2.05, 4.69) is 0 Å². The number of nitrogens with two attached hydrogens (primary N) is 1. The number of rotatable bonds is 5. The van der Waals surface area contributed by atoms with Crippen molar-refractivity contribution in [3.8, 4) is 0 Å². The molecule has 1 atom stereocenters. The molecule has 0 spiro atoms. The lowest BCUT2D eigenvalue weighted by molar-refractivity contribution is 0.342. The Morgan fingerprint density at radius 1 is 1.39 bits per heavy atom. The number of benzene rings is 1. The number of halogens is 1. The first kappa shape index (κ1) is 15.3. The van der Waals surface area contributed by atoms with Gasteiger partial charge in [-0.3, -0.25) is 0 Å². The van der Waals surface area contributed by atoms with Crippen LogP contribution >= 0.6 is 11.6 Å². The van der Waals surface area contributed by atoms with Crippen molar-refractivity contribution in [1.29, 1.82) is 0 Å². The third-order valence-corrected chi connectivity index (χ3v) is 5.51. The molecule has 2 N–H and O–H groups in total. The van der Waals surface area contributed by atoms with Crippen LogP contribution in [0.1, 0.15) is 27.2 Å². The van der Waals surface area contributed by atoms with Crippen molar-refractivity contribution in [2.75, 3.05) is 12.3 Å². The van der Waals surface area contributed by atoms with Gasteiger partial charge >= 0.3 is 0 Å². The summed E-state index contributed by atoms with van der Waals surface area (Å²) in [5.41, 5.74) is 6.02. The highest BCUT2D eigenvalue weighted by Crippen LogP contribution is 2.28. The molecule has 0 aromatic heterocycles. The molecule has 0 bridgehead atoms. The van der Waals surface area contributed by atoms with E-state index in [0.717, 1.165) is 6.42 Å². The lowest BCUT2D eigenvalue weighted by atomic mass is 10.3. The Morgan fingerprint density at radius 3 is 2.50 bits per heavy atom. The van der Waals surface area contributed by atoms with E-state index < -0.39 is 10.0 Å². The van der Waals surface area contributed by atoms with Crippen LogP contribution in [0, 0.1) is 0 Å². The maximum atomic E-state index is 12.5. The van der Waals surface area contributed by atoms with Gasteiger partial charge in [0.15, 0.2) is 0 Å². The number of sulfonamides is 1. The highest BCUT2D eigenvalue weighted by atomic mass is 35.5. The van der Waals surface area contributed by atoms with Crippen LogP contribution in [0.2, 0.25) is 5.02 Å². The largest absolute Gasteiger partial charge is 0.399 e. The maximum absolute atomic E-state index is 12.5. The van der Waals surface area contributed by atoms with Crippen LogP contribution in [-0.4, -0.2) is 25.3 Å². The Balaban J connectivity index is 3.31. The predicted molar refractivity (Wildman–Crippen MR) is 75.2 cm³/mol. The van der Waals surface area contributed by atoms with E-state index in [1.165, 1.54) is 16.4 Å². The first-order valence-electron chi connectivity index (χ1n) is 5.91. The number of nitrogen functional groups attached to an aromatic ring is 1. The SMILES string of the molecule is CCC(C)N(CC)S(=O)(=O)c1cc(N)ccc1Cl. The lowest BCUT2D eigenvalue weighted by Gasteiger charge is -2.26. The van der Waals surface area contributed by atoms with Crippen LogP contribution in [0.15, 0.2) is 23.1 Å². The van der Waals surface area contributed by atoms with E-state index in [-0.39, 0.29) is 16.0 Å². The molecule has 0 saturated heterocycles. The molecule has 0 saturated carbocycles. The summed E-state index contributed by atoms with van der Waals surface area (Å²) in [5, 5.41) is 0.200. The van der Waals surface area contributed by atoms with Gasteiger partial charge in [0, 0.05) is 18.3 Å². The van der Waals surface area contributed by atoms with Crippen molar-refractivity contribution in [3.63, 3.8) is 0 Å². The summed E-state index contributed by atoms with van der Waals surface area (Å²) in [5.74, 6) is 0. The van der Waals surface area contributed by atoms with Gasteiger partial charge in [0.05, 0.1) is 5.02 Å². The monoisotopic (exact) mass is 290 g/mol. The van der Waals surface area contributed by atoms with Gasteiger partial charge in [-0.25, -0.2) is 8.42 Å². The fourth-order valence-corrected chi connectivity index (χ4v) is 3.99. The Kier molecular flexibility index (Phi) is 5.01. The van der Waals surface area contributed by atoms with Crippen molar-refractivity contribution in [1.82, 2.24) is 4.31 Å². The molecule has 0 radical (unpaired) electrons. The summed E-state index contributed by atoms with van der Waals surface area (Å²) in [7, 11) is -3.59. The van der Waals surface area contributed by atoms with Crippen molar-refractivity contribution in [2.45, 2.75) is 38.1 Å². The van der Waals surface area contributed by atoms with Crippen LogP contribution in [0.5, 0.6) is 0 Å². The molecule has 0 amide bonds. The molecule has 18 heavy (non-hydrogen) atoms. The number of nitrogens with zero attached hydrogens (tertiary/aromatic N) is 1. The summed E-state index contributed by atoms with van der Waals surface area (Å²) in [6, 6.07) is 4.43. The molecular formula is C12H19ClN2O2S. The average Bonchev–Trinajstić information content (AvgIpc) is 2.32. The Hall–Kier alpha value is -0.780. The van der Waals surface area contributed by atoms with E-state index in [9.17, 15) is 8.42 Å². The van der Waals surface area contributed by atoms with Gasteiger partial charge in [0.25, 0.3) is 0 Å². The number of hydrogen-bond donors (Lipinski definition) is 1. The van der Waals surface area contributed by atoms with Gasteiger partial charge in [-0.15, -0.1) is 0 Å². The summed E-state index contributed by atoms with van der Waals surface area (Å²) >= 11 is 5.97. The topological polar surface area (TPSA) is 63.4 Å². The minimum atomic E-state index is -3.59. The molecule has 0 heterocycles. The van der Waals surface area contributed by atoms with Gasteiger partial charge in [-0.05, 0) is 31.5 Å². The fourth-order valence-electron chi connectivity index (χ4n) is 1.77. The van der Waals surface area contributed by atoms with Crippen LogP contribution in [0.25, 0.3) is 0 Å². The Labute approximate surface area is 114 Å². The van der Waals surface area contributed by atoms with Gasteiger partial charge in [0.2, 0.25) is 10.0 Å².